The first-order valence-corrected chi connectivity index (χ1v) is 7.54. The number of fused-ring (bicyclic) bond motifs is 1. The van der Waals surface area contributed by atoms with Gasteiger partial charge in [0.25, 0.3) is 11.5 Å². The van der Waals surface area contributed by atoms with E-state index < -0.39 is 0 Å². The standard InChI is InChI=1S/C15H17N5O2/c1-9-2-5-11(14(21)16-9)15(22)19-6-7-20-12(8-19)17-18-13(20)10-3-4-10/h2,5,10H,3-4,6-8H2,1H3,(H,16,21). The third-order valence-corrected chi connectivity index (χ3v) is 4.30. The molecule has 7 heteroatoms. The van der Waals surface area contributed by atoms with E-state index in [0.29, 0.717) is 25.6 Å². The minimum atomic E-state index is -0.337. The number of aryl methyl sites for hydroxylation is 1. The number of nitrogens with zero attached hydrogens (tertiary/aromatic N) is 4. The van der Waals surface area contributed by atoms with Gasteiger partial charge in [-0.25, -0.2) is 0 Å². The molecule has 0 saturated heterocycles. The second kappa shape index (κ2) is 4.79. The van der Waals surface area contributed by atoms with Crippen molar-refractivity contribution in [3.63, 3.8) is 0 Å². The summed E-state index contributed by atoms with van der Waals surface area (Å²) in [5.74, 6) is 2.16. The van der Waals surface area contributed by atoms with Gasteiger partial charge in [0.1, 0.15) is 11.4 Å². The minimum Gasteiger partial charge on any atom is -0.329 e. The van der Waals surface area contributed by atoms with Gasteiger partial charge in [0.2, 0.25) is 0 Å². The summed E-state index contributed by atoms with van der Waals surface area (Å²) in [4.78, 5) is 28.8. The van der Waals surface area contributed by atoms with Crippen molar-refractivity contribution in [2.75, 3.05) is 6.54 Å². The fourth-order valence-corrected chi connectivity index (χ4v) is 2.91. The highest BCUT2D eigenvalue weighted by molar-refractivity contribution is 5.93. The van der Waals surface area contributed by atoms with Crippen molar-refractivity contribution in [1.29, 1.82) is 0 Å². The first kappa shape index (κ1) is 13.2. The molecule has 1 fully saturated rings. The average Bonchev–Trinajstić information content (AvgIpc) is 3.26. The molecule has 1 saturated carbocycles. The molecule has 2 aromatic rings. The third-order valence-electron chi connectivity index (χ3n) is 4.30. The Labute approximate surface area is 127 Å². The zero-order chi connectivity index (χ0) is 15.3. The summed E-state index contributed by atoms with van der Waals surface area (Å²) < 4.78 is 2.13. The highest BCUT2D eigenvalue weighted by atomic mass is 16.2. The molecule has 2 aromatic heterocycles. The number of carbonyl (C=O) groups excluding carboxylic acids is 1. The van der Waals surface area contributed by atoms with Crippen LogP contribution < -0.4 is 5.56 Å². The maximum absolute atomic E-state index is 12.5. The fourth-order valence-electron chi connectivity index (χ4n) is 2.91. The smallest absolute Gasteiger partial charge is 0.260 e. The SMILES string of the molecule is Cc1ccc(C(=O)N2CCn3c(nnc3C3CC3)C2)c(=O)[nH]1. The van der Waals surface area contributed by atoms with Gasteiger partial charge in [-0.2, -0.15) is 0 Å². The molecule has 1 aliphatic heterocycles. The fraction of sp³-hybridized carbons (Fsp3) is 0.467. The molecule has 0 unspecified atom stereocenters. The van der Waals surface area contributed by atoms with Crippen LogP contribution in [0.25, 0.3) is 0 Å². The van der Waals surface area contributed by atoms with Crippen molar-refractivity contribution in [3.8, 4) is 0 Å². The summed E-state index contributed by atoms with van der Waals surface area (Å²) in [5.41, 5.74) is 0.589. The quantitative estimate of drug-likeness (QED) is 0.889. The van der Waals surface area contributed by atoms with Crippen LogP contribution in [-0.4, -0.2) is 37.1 Å². The van der Waals surface area contributed by atoms with Gasteiger partial charge >= 0.3 is 0 Å². The molecule has 0 radical (unpaired) electrons. The second-order valence-electron chi connectivity index (χ2n) is 6.01. The van der Waals surface area contributed by atoms with Crippen LogP contribution >= 0.6 is 0 Å². The Morgan fingerprint density at radius 3 is 2.82 bits per heavy atom. The predicted octanol–water partition coefficient (Wildman–Crippen LogP) is 0.808. The van der Waals surface area contributed by atoms with Crippen LogP contribution in [0.4, 0.5) is 0 Å². The normalized spacial score (nSPS) is 17.4. The third kappa shape index (κ3) is 2.13. The number of hydrogen-bond acceptors (Lipinski definition) is 4. The van der Waals surface area contributed by atoms with Crippen LogP contribution in [0.5, 0.6) is 0 Å². The summed E-state index contributed by atoms with van der Waals surface area (Å²) in [7, 11) is 0. The van der Waals surface area contributed by atoms with Gasteiger partial charge in [-0.15, -0.1) is 10.2 Å². The number of nitrogens with one attached hydrogen (secondary N) is 1. The lowest BCUT2D eigenvalue weighted by Gasteiger charge is -2.27. The molecular weight excluding hydrogens is 282 g/mol. The molecule has 0 bridgehead atoms. The van der Waals surface area contributed by atoms with Crippen LogP contribution in [0.2, 0.25) is 0 Å². The molecule has 4 rings (SSSR count). The van der Waals surface area contributed by atoms with Gasteiger partial charge in [0.15, 0.2) is 5.82 Å². The van der Waals surface area contributed by atoms with Crippen LogP contribution in [0, 0.1) is 6.92 Å². The summed E-state index contributed by atoms with van der Waals surface area (Å²) in [6.45, 7) is 3.48. The minimum absolute atomic E-state index is 0.181. The van der Waals surface area contributed by atoms with Gasteiger partial charge in [-0.3, -0.25) is 9.59 Å². The van der Waals surface area contributed by atoms with Gasteiger partial charge in [0.05, 0.1) is 6.54 Å². The van der Waals surface area contributed by atoms with E-state index in [2.05, 4.69) is 19.7 Å². The summed E-state index contributed by atoms with van der Waals surface area (Å²) in [5, 5.41) is 8.48. The topological polar surface area (TPSA) is 83.9 Å². The van der Waals surface area contributed by atoms with Crippen LogP contribution in [-0.2, 0) is 13.1 Å². The zero-order valence-electron chi connectivity index (χ0n) is 12.4. The number of H-pyrrole nitrogens is 1. The Kier molecular flexibility index (Phi) is 2.88. The van der Waals surface area contributed by atoms with Gasteiger partial charge in [-0.05, 0) is 31.9 Å². The lowest BCUT2D eigenvalue weighted by atomic mass is 10.2. The van der Waals surface area contributed by atoms with E-state index in [0.717, 1.165) is 17.3 Å². The lowest BCUT2D eigenvalue weighted by Crippen LogP contribution is -2.40. The first-order chi connectivity index (χ1) is 10.6. The molecule has 1 N–H and O–H groups in total. The van der Waals surface area contributed by atoms with E-state index in [1.807, 2.05) is 0 Å². The highest BCUT2D eigenvalue weighted by Gasteiger charge is 2.33. The first-order valence-electron chi connectivity index (χ1n) is 7.54. The van der Waals surface area contributed by atoms with E-state index in [1.165, 1.54) is 12.8 Å². The van der Waals surface area contributed by atoms with Crippen LogP contribution in [0.15, 0.2) is 16.9 Å². The van der Waals surface area contributed by atoms with Crippen LogP contribution in [0.1, 0.15) is 46.5 Å². The van der Waals surface area contributed by atoms with Crippen molar-refractivity contribution >= 4 is 5.91 Å². The number of amides is 1. The maximum Gasteiger partial charge on any atom is 0.260 e. The maximum atomic E-state index is 12.5. The average molecular weight is 299 g/mol. The number of pyridine rings is 1. The number of aromatic nitrogens is 4. The van der Waals surface area contributed by atoms with E-state index in [1.54, 1.807) is 24.0 Å². The van der Waals surface area contributed by atoms with Gasteiger partial charge < -0.3 is 14.5 Å². The summed E-state index contributed by atoms with van der Waals surface area (Å²) in [6.07, 6.45) is 2.36. The molecule has 114 valence electrons. The van der Waals surface area contributed by atoms with Crippen LogP contribution in [0.3, 0.4) is 0 Å². The monoisotopic (exact) mass is 299 g/mol. The Bertz CT molecular complexity index is 803. The number of hydrogen-bond donors (Lipinski definition) is 1. The van der Waals surface area contributed by atoms with Gasteiger partial charge in [0, 0.05) is 24.7 Å². The van der Waals surface area contributed by atoms with Crippen molar-refractivity contribution in [2.24, 2.45) is 0 Å². The molecule has 0 aromatic carbocycles. The Hall–Kier alpha value is -2.44. The largest absolute Gasteiger partial charge is 0.329 e. The molecule has 22 heavy (non-hydrogen) atoms. The van der Waals surface area contributed by atoms with Crippen molar-refractivity contribution in [1.82, 2.24) is 24.6 Å². The van der Waals surface area contributed by atoms with Crippen molar-refractivity contribution in [2.45, 2.75) is 38.8 Å². The van der Waals surface area contributed by atoms with Crippen molar-refractivity contribution in [3.05, 3.63) is 45.4 Å². The van der Waals surface area contributed by atoms with E-state index in [4.69, 9.17) is 0 Å². The summed E-state index contributed by atoms with van der Waals surface area (Å²) in [6, 6.07) is 3.33. The molecule has 0 spiro atoms. The zero-order valence-corrected chi connectivity index (χ0v) is 12.4. The van der Waals surface area contributed by atoms with E-state index >= 15 is 0 Å². The molecule has 1 amide bonds. The number of aromatic amines is 1. The van der Waals surface area contributed by atoms with Crippen molar-refractivity contribution < 1.29 is 4.79 Å². The van der Waals surface area contributed by atoms with E-state index in [-0.39, 0.29) is 17.0 Å². The highest BCUT2D eigenvalue weighted by Crippen LogP contribution is 2.39. The second-order valence-corrected chi connectivity index (χ2v) is 6.01. The Balaban J connectivity index is 1.59. The summed E-state index contributed by atoms with van der Waals surface area (Å²) >= 11 is 0. The number of carbonyl (C=O) groups is 1. The molecule has 7 nitrogen and oxygen atoms in total. The lowest BCUT2D eigenvalue weighted by molar-refractivity contribution is 0.0704. The number of rotatable bonds is 2. The Morgan fingerprint density at radius 2 is 2.09 bits per heavy atom. The Morgan fingerprint density at radius 1 is 1.27 bits per heavy atom. The predicted molar refractivity (Wildman–Crippen MR) is 78.5 cm³/mol. The molecular formula is C15H17N5O2. The molecule has 3 heterocycles. The van der Waals surface area contributed by atoms with Gasteiger partial charge in [-0.1, -0.05) is 0 Å². The van der Waals surface area contributed by atoms with E-state index in [9.17, 15) is 9.59 Å². The molecule has 1 aliphatic carbocycles. The molecule has 0 atom stereocenters. The molecule has 2 aliphatic rings.